The van der Waals surface area contributed by atoms with Crippen LogP contribution >= 0.6 is 0 Å². The van der Waals surface area contributed by atoms with Crippen molar-refractivity contribution in [3.05, 3.63) is 0 Å². The van der Waals surface area contributed by atoms with Crippen molar-refractivity contribution < 1.29 is 9.59 Å². The molecule has 0 bridgehead atoms. The van der Waals surface area contributed by atoms with E-state index in [1.54, 1.807) is 4.90 Å². The molecule has 4 heteroatoms. The minimum absolute atomic E-state index is 0.00907. The Labute approximate surface area is 90.0 Å². The van der Waals surface area contributed by atoms with E-state index < -0.39 is 5.54 Å². The summed E-state index contributed by atoms with van der Waals surface area (Å²) in [5, 5.41) is 2.86. The Morgan fingerprint density at radius 3 is 2.40 bits per heavy atom. The van der Waals surface area contributed by atoms with Crippen LogP contribution in [0.25, 0.3) is 0 Å². The first-order valence-corrected chi connectivity index (χ1v) is 5.75. The Morgan fingerprint density at radius 1 is 1.33 bits per heavy atom. The quantitative estimate of drug-likeness (QED) is 0.744. The fourth-order valence-corrected chi connectivity index (χ4v) is 2.27. The van der Waals surface area contributed by atoms with Gasteiger partial charge >= 0.3 is 0 Å². The number of piperazine rings is 1. The second-order valence-corrected chi connectivity index (χ2v) is 4.50. The molecule has 0 aromatic carbocycles. The minimum Gasteiger partial charge on any atom is -0.340 e. The van der Waals surface area contributed by atoms with Crippen molar-refractivity contribution >= 4 is 11.8 Å². The van der Waals surface area contributed by atoms with Crippen LogP contribution in [0, 0.1) is 0 Å². The van der Waals surface area contributed by atoms with Gasteiger partial charge in [0.2, 0.25) is 11.8 Å². The molecule has 2 amide bonds. The van der Waals surface area contributed by atoms with E-state index in [1.165, 1.54) is 0 Å². The fourth-order valence-electron chi connectivity index (χ4n) is 2.27. The Kier molecular flexibility index (Phi) is 2.44. The average Bonchev–Trinajstić information content (AvgIpc) is 3.05. The SMILES string of the molecule is CCC1(CC)NC(=O)CN(C2CC2)C1=O. The monoisotopic (exact) mass is 210 g/mol. The predicted molar refractivity (Wildman–Crippen MR) is 56.2 cm³/mol. The van der Waals surface area contributed by atoms with Crippen LogP contribution in [0.2, 0.25) is 0 Å². The molecule has 0 unspecified atom stereocenters. The normalized spacial score (nSPS) is 25.3. The molecule has 0 spiro atoms. The zero-order chi connectivity index (χ0) is 11.1. The third-order valence-electron chi connectivity index (χ3n) is 3.56. The van der Waals surface area contributed by atoms with Gasteiger partial charge in [-0.15, -0.1) is 0 Å². The number of carbonyl (C=O) groups is 2. The number of hydrogen-bond donors (Lipinski definition) is 1. The molecule has 0 aromatic heterocycles. The van der Waals surface area contributed by atoms with Gasteiger partial charge in [0.15, 0.2) is 0 Å². The van der Waals surface area contributed by atoms with Crippen molar-refractivity contribution in [1.29, 1.82) is 0 Å². The molecular formula is C11H18N2O2. The first-order chi connectivity index (χ1) is 7.13. The smallest absolute Gasteiger partial charge is 0.249 e. The Balaban J connectivity index is 2.23. The average molecular weight is 210 g/mol. The van der Waals surface area contributed by atoms with Gasteiger partial charge in [0.25, 0.3) is 0 Å². The molecule has 1 aliphatic heterocycles. The standard InChI is InChI=1S/C11H18N2O2/c1-3-11(4-2)10(15)13(8-5-6-8)7-9(14)12-11/h8H,3-7H2,1-2H3,(H,12,14). The first-order valence-electron chi connectivity index (χ1n) is 5.75. The van der Waals surface area contributed by atoms with Crippen molar-refractivity contribution in [1.82, 2.24) is 10.2 Å². The van der Waals surface area contributed by atoms with Crippen LogP contribution in [0.5, 0.6) is 0 Å². The molecular weight excluding hydrogens is 192 g/mol. The zero-order valence-electron chi connectivity index (χ0n) is 9.38. The highest BCUT2D eigenvalue weighted by Gasteiger charge is 2.48. The molecule has 1 aliphatic carbocycles. The van der Waals surface area contributed by atoms with Crippen LogP contribution < -0.4 is 5.32 Å². The summed E-state index contributed by atoms with van der Waals surface area (Å²) in [5.41, 5.74) is -0.627. The maximum atomic E-state index is 12.2. The first kappa shape index (κ1) is 10.5. The van der Waals surface area contributed by atoms with Gasteiger partial charge in [0.1, 0.15) is 5.54 Å². The van der Waals surface area contributed by atoms with Gasteiger partial charge in [-0.2, -0.15) is 0 Å². The molecule has 1 heterocycles. The second-order valence-electron chi connectivity index (χ2n) is 4.50. The van der Waals surface area contributed by atoms with Gasteiger partial charge < -0.3 is 10.2 Å². The molecule has 0 radical (unpaired) electrons. The van der Waals surface area contributed by atoms with E-state index in [1.807, 2.05) is 13.8 Å². The summed E-state index contributed by atoms with van der Waals surface area (Å²) in [6.07, 6.45) is 3.47. The zero-order valence-corrected chi connectivity index (χ0v) is 9.38. The number of amides is 2. The van der Waals surface area contributed by atoms with Crippen LogP contribution in [0.15, 0.2) is 0 Å². The molecule has 0 aromatic rings. The van der Waals surface area contributed by atoms with E-state index >= 15 is 0 Å². The number of nitrogens with one attached hydrogen (secondary N) is 1. The fraction of sp³-hybridized carbons (Fsp3) is 0.818. The summed E-state index contributed by atoms with van der Waals surface area (Å²) >= 11 is 0. The predicted octanol–water partition coefficient (Wildman–Crippen LogP) is 0.666. The topological polar surface area (TPSA) is 49.4 Å². The highest BCUT2D eigenvalue weighted by molar-refractivity contribution is 5.98. The summed E-state index contributed by atoms with van der Waals surface area (Å²) in [6.45, 7) is 4.17. The van der Waals surface area contributed by atoms with Crippen LogP contribution in [0.3, 0.4) is 0 Å². The van der Waals surface area contributed by atoms with Gasteiger partial charge in [0, 0.05) is 6.04 Å². The molecule has 15 heavy (non-hydrogen) atoms. The van der Waals surface area contributed by atoms with Gasteiger partial charge in [-0.1, -0.05) is 13.8 Å². The van der Waals surface area contributed by atoms with E-state index in [4.69, 9.17) is 0 Å². The molecule has 2 fully saturated rings. The Morgan fingerprint density at radius 2 is 1.93 bits per heavy atom. The van der Waals surface area contributed by atoms with E-state index in [2.05, 4.69) is 5.32 Å². The van der Waals surface area contributed by atoms with Gasteiger partial charge in [0.05, 0.1) is 6.54 Å². The molecule has 2 aliphatic rings. The largest absolute Gasteiger partial charge is 0.340 e. The number of rotatable bonds is 3. The van der Waals surface area contributed by atoms with Gasteiger partial charge in [-0.05, 0) is 25.7 Å². The molecule has 1 saturated carbocycles. The Hall–Kier alpha value is -1.06. The number of hydrogen-bond acceptors (Lipinski definition) is 2. The summed E-state index contributed by atoms with van der Waals surface area (Å²) in [5.74, 6) is 0.111. The third-order valence-corrected chi connectivity index (χ3v) is 3.56. The highest BCUT2D eigenvalue weighted by Crippen LogP contribution is 2.32. The number of carbonyl (C=O) groups excluding carboxylic acids is 2. The summed E-state index contributed by atoms with van der Waals surface area (Å²) < 4.78 is 0. The minimum atomic E-state index is -0.627. The van der Waals surface area contributed by atoms with E-state index in [-0.39, 0.29) is 18.4 Å². The van der Waals surface area contributed by atoms with E-state index in [0.29, 0.717) is 18.9 Å². The summed E-state index contributed by atoms with van der Waals surface area (Å²) in [6, 6.07) is 0.334. The molecule has 1 saturated heterocycles. The molecule has 4 nitrogen and oxygen atoms in total. The number of nitrogens with zero attached hydrogens (tertiary/aromatic N) is 1. The van der Waals surface area contributed by atoms with Crippen molar-refractivity contribution in [2.24, 2.45) is 0 Å². The van der Waals surface area contributed by atoms with Crippen LogP contribution in [0.1, 0.15) is 39.5 Å². The van der Waals surface area contributed by atoms with Crippen molar-refractivity contribution in [2.45, 2.75) is 51.1 Å². The lowest BCUT2D eigenvalue weighted by Crippen LogP contribution is -2.66. The van der Waals surface area contributed by atoms with Gasteiger partial charge in [-0.25, -0.2) is 0 Å². The van der Waals surface area contributed by atoms with Crippen molar-refractivity contribution in [3.8, 4) is 0 Å². The highest BCUT2D eigenvalue weighted by atomic mass is 16.2. The van der Waals surface area contributed by atoms with Crippen molar-refractivity contribution in [3.63, 3.8) is 0 Å². The van der Waals surface area contributed by atoms with E-state index in [0.717, 1.165) is 12.8 Å². The lowest BCUT2D eigenvalue weighted by Gasteiger charge is -2.41. The van der Waals surface area contributed by atoms with Crippen LogP contribution in [-0.2, 0) is 9.59 Å². The summed E-state index contributed by atoms with van der Waals surface area (Å²) in [4.78, 5) is 25.6. The molecule has 0 atom stereocenters. The molecule has 84 valence electrons. The molecule has 2 rings (SSSR count). The van der Waals surface area contributed by atoms with Crippen LogP contribution in [0.4, 0.5) is 0 Å². The summed E-state index contributed by atoms with van der Waals surface area (Å²) in [7, 11) is 0. The van der Waals surface area contributed by atoms with Crippen LogP contribution in [-0.4, -0.2) is 34.8 Å². The lowest BCUT2D eigenvalue weighted by molar-refractivity contribution is -0.151. The van der Waals surface area contributed by atoms with Crippen molar-refractivity contribution in [2.75, 3.05) is 6.54 Å². The van der Waals surface area contributed by atoms with Gasteiger partial charge in [-0.3, -0.25) is 9.59 Å². The maximum Gasteiger partial charge on any atom is 0.249 e. The second kappa shape index (κ2) is 3.51. The van der Waals surface area contributed by atoms with E-state index in [9.17, 15) is 9.59 Å². The molecule has 1 N–H and O–H groups in total. The lowest BCUT2D eigenvalue weighted by atomic mass is 9.89. The third kappa shape index (κ3) is 1.62. The Bertz CT molecular complexity index is 293. The maximum absolute atomic E-state index is 12.2.